The van der Waals surface area contributed by atoms with Crippen LogP contribution in [0, 0.1) is 11.3 Å². The highest BCUT2D eigenvalue weighted by Crippen LogP contribution is 2.36. The first-order chi connectivity index (χ1) is 9.49. The maximum Gasteiger partial charge on any atom is 0.232 e. The highest BCUT2D eigenvalue weighted by atomic mass is 35.5. The molecule has 4 nitrogen and oxygen atoms in total. The predicted molar refractivity (Wildman–Crippen MR) is 81.4 cm³/mol. The number of ether oxygens (including phenoxy) is 1. The molecule has 0 radical (unpaired) electrons. The van der Waals surface area contributed by atoms with E-state index in [1.165, 1.54) is 0 Å². The largest absolute Gasteiger partial charge is 0.495 e. The topological polar surface area (TPSA) is 50.4 Å². The summed E-state index contributed by atoms with van der Waals surface area (Å²) in [5.74, 6) is 0.940. The van der Waals surface area contributed by atoms with Crippen LogP contribution in [-0.4, -0.2) is 26.1 Å². The molecule has 0 aliphatic carbocycles. The van der Waals surface area contributed by atoms with Crippen molar-refractivity contribution in [3.63, 3.8) is 0 Å². The van der Waals surface area contributed by atoms with Gasteiger partial charge in [0.05, 0.1) is 17.5 Å². The molecule has 1 fully saturated rings. The van der Waals surface area contributed by atoms with Crippen molar-refractivity contribution >= 4 is 23.2 Å². The molecule has 1 heterocycles. The van der Waals surface area contributed by atoms with Gasteiger partial charge in [-0.25, -0.2) is 0 Å². The average molecular weight is 297 g/mol. The molecule has 0 saturated carbocycles. The predicted octanol–water partition coefficient (Wildman–Crippen LogP) is 2.92. The fourth-order valence-corrected chi connectivity index (χ4v) is 2.92. The lowest BCUT2D eigenvalue weighted by Crippen LogP contribution is -2.42. The van der Waals surface area contributed by atoms with E-state index in [1.807, 2.05) is 0 Å². The quantitative estimate of drug-likeness (QED) is 0.898. The summed E-state index contributed by atoms with van der Waals surface area (Å²) in [7, 11) is 1.57. The third kappa shape index (κ3) is 2.76. The van der Waals surface area contributed by atoms with Gasteiger partial charge in [0.1, 0.15) is 5.75 Å². The van der Waals surface area contributed by atoms with Crippen molar-refractivity contribution in [2.75, 3.05) is 25.5 Å². The SMILES string of the molecule is COc1ccc(NC(=O)C2(C(C)C)CCNC2)cc1Cl. The van der Waals surface area contributed by atoms with E-state index >= 15 is 0 Å². The molecule has 1 aromatic rings. The second-order valence-corrected chi connectivity index (χ2v) is 5.95. The molecule has 1 saturated heterocycles. The van der Waals surface area contributed by atoms with Crippen molar-refractivity contribution in [1.82, 2.24) is 5.32 Å². The van der Waals surface area contributed by atoms with Gasteiger partial charge in [-0.15, -0.1) is 0 Å². The van der Waals surface area contributed by atoms with Gasteiger partial charge in [-0.2, -0.15) is 0 Å². The summed E-state index contributed by atoms with van der Waals surface area (Å²) in [6.07, 6.45) is 0.861. The van der Waals surface area contributed by atoms with E-state index in [1.54, 1.807) is 25.3 Å². The third-order valence-corrected chi connectivity index (χ3v) is 4.45. The normalized spacial score (nSPS) is 22.1. The van der Waals surface area contributed by atoms with E-state index in [2.05, 4.69) is 24.5 Å². The molecular weight excluding hydrogens is 276 g/mol. The first kappa shape index (κ1) is 15.1. The molecule has 1 unspecified atom stereocenters. The molecule has 1 atom stereocenters. The fraction of sp³-hybridized carbons (Fsp3) is 0.533. The molecule has 20 heavy (non-hydrogen) atoms. The van der Waals surface area contributed by atoms with Gasteiger partial charge in [0.25, 0.3) is 0 Å². The number of benzene rings is 1. The van der Waals surface area contributed by atoms with E-state index in [0.717, 1.165) is 19.5 Å². The summed E-state index contributed by atoms with van der Waals surface area (Å²) in [4.78, 5) is 12.6. The third-order valence-electron chi connectivity index (χ3n) is 4.16. The molecule has 5 heteroatoms. The minimum atomic E-state index is -0.341. The molecule has 1 aliphatic heterocycles. The van der Waals surface area contributed by atoms with Gasteiger partial charge in [0.2, 0.25) is 5.91 Å². The Bertz CT molecular complexity index is 497. The first-order valence-electron chi connectivity index (χ1n) is 6.85. The van der Waals surface area contributed by atoms with Crippen LogP contribution in [0.1, 0.15) is 20.3 Å². The zero-order valence-corrected chi connectivity index (χ0v) is 12.9. The molecule has 1 amide bonds. The lowest BCUT2D eigenvalue weighted by Gasteiger charge is -2.31. The summed E-state index contributed by atoms with van der Waals surface area (Å²) in [5, 5.41) is 6.76. The number of methoxy groups -OCH3 is 1. The zero-order valence-electron chi connectivity index (χ0n) is 12.1. The Hall–Kier alpha value is -1.26. The van der Waals surface area contributed by atoms with Crippen LogP contribution in [-0.2, 0) is 4.79 Å². The highest BCUT2D eigenvalue weighted by Gasteiger charge is 2.43. The van der Waals surface area contributed by atoms with Gasteiger partial charge in [-0.1, -0.05) is 25.4 Å². The Kier molecular flexibility index (Phi) is 4.55. The van der Waals surface area contributed by atoms with E-state index in [0.29, 0.717) is 16.5 Å². The number of carbonyl (C=O) groups is 1. The number of nitrogens with one attached hydrogen (secondary N) is 2. The Morgan fingerprint density at radius 2 is 2.25 bits per heavy atom. The van der Waals surface area contributed by atoms with E-state index < -0.39 is 0 Å². The van der Waals surface area contributed by atoms with Crippen molar-refractivity contribution in [2.24, 2.45) is 11.3 Å². The smallest absolute Gasteiger partial charge is 0.232 e. The van der Waals surface area contributed by atoms with Gasteiger partial charge >= 0.3 is 0 Å². The molecule has 1 aliphatic rings. The van der Waals surface area contributed by atoms with Crippen molar-refractivity contribution in [1.29, 1.82) is 0 Å². The summed E-state index contributed by atoms with van der Waals surface area (Å²) in [5.41, 5.74) is 0.361. The van der Waals surface area contributed by atoms with E-state index in [9.17, 15) is 4.79 Å². The van der Waals surface area contributed by atoms with Crippen LogP contribution in [0.5, 0.6) is 5.75 Å². The second-order valence-electron chi connectivity index (χ2n) is 5.54. The molecule has 2 rings (SSSR count). The minimum Gasteiger partial charge on any atom is -0.495 e. The van der Waals surface area contributed by atoms with Crippen LogP contribution in [0.15, 0.2) is 18.2 Å². The molecular formula is C15H21ClN2O2. The summed E-state index contributed by atoms with van der Waals surface area (Å²) < 4.78 is 5.11. The number of halogens is 1. The molecule has 0 aromatic heterocycles. The van der Waals surface area contributed by atoms with Crippen molar-refractivity contribution in [3.05, 3.63) is 23.2 Å². The van der Waals surface area contributed by atoms with Gasteiger partial charge in [-0.05, 0) is 37.1 Å². The van der Waals surface area contributed by atoms with Crippen molar-refractivity contribution in [2.45, 2.75) is 20.3 Å². The molecule has 0 spiro atoms. The van der Waals surface area contributed by atoms with Crippen LogP contribution in [0.3, 0.4) is 0 Å². The number of rotatable bonds is 4. The van der Waals surface area contributed by atoms with Crippen LogP contribution in [0.2, 0.25) is 5.02 Å². The monoisotopic (exact) mass is 296 g/mol. The summed E-state index contributed by atoms with van der Waals surface area (Å²) >= 11 is 6.08. The van der Waals surface area contributed by atoms with Gasteiger partial charge < -0.3 is 15.4 Å². The zero-order chi connectivity index (χ0) is 14.8. The van der Waals surface area contributed by atoms with Crippen LogP contribution in [0.4, 0.5) is 5.69 Å². The van der Waals surface area contributed by atoms with Crippen molar-refractivity contribution < 1.29 is 9.53 Å². The van der Waals surface area contributed by atoms with Crippen LogP contribution >= 0.6 is 11.6 Å². The number of hydrogen-bond acceptors (Lipinski definition) is 3. The highest BCUT2D eigenvalue weighted by molar-refractivity contribution is 6.32. The summed E-state index contributed by atoms with van der Waals surface area (Å²) in [6.45, 7) is 5.79. The number of carbonyl (C=O) groups excluding carboxylic acids is 1. The molecule has 0 bridgehead atoms. The molecule has 110 valence electrons. The summed E-state index contributed by atoms with van der Waals surface area (Å²) in [6, 6.07) is 5.28. The van der Waals surface area contributed by atoms with Gasteiger partial charge in [0.15, 0.2) is 0 Å². The number of hydrogen-bond donors (Lipinski definition) is 2. The average Bonchev–Trinajstić information content (AvgIpc) is 2.89. The minimum absolute atomic E-state index is 0.0544. The number of anilines is 1. The van der Waals surface area contributed by atoms with Crippen molar-refractivity contribution in [3.8, 4) is 5.75 Å². The van der Waals surface area contributed by atoms with Crippen LogP contribution < -0.4 is 15.4 Å². The van der Waals surface area contributed by atoms with Gasteiger partial charge in [-0.3, -0.25) is 4.79 Å². The molecule has 1 aromatic carbocycles. The first-order valence-corrected chi connectivity index (χ1v) is 7.23. The Balaban J connectivity index is 2.16. The van der Waals surface area contributed by atoms with Gasteiger partial charge in [0, 0.05) is 12.2 Å². The maximum atomic E-state index is 12.6. The maximum absolute atomic E-state index is 12.6. The second kappa shape index (κ2) is 6.02. The van der Waals surface area contributed by atoms with E-state index in [4.69, 9.17) is 16.3 Å². The Morgan fingerprint density at radius 3 is 2.75 bits per heavy atom. The van der Waals surface area contributed by atoms with E-state index in [-0.39, 0.29) is 17.2 Å². The lowest BCUT2D eigenvalue weighted by atomic mass is 9.75. The standard InChI is InChI=1S/C15H21ClN2O2/c1-10(2)15(6-7-17-9-15)14(19)18-11-4-5-13(20-3)12(16)8-11/h4-5,8,10,17H,6-7,9H2,1-3H3,(H,18,19). The number of amides is 1. The molecule has 2 N–H and O–H groups in total. The van der Waals surface area contributed by atoms with Crippen LogP contribution in [0.25, 0.3) is 0 Å². The Labute approximate surface area is 124 Å². The Morgan fingerprint density at radius 1 is 1.50 bits per heavy atom. The fourth-order valence-electron chi connectivity index (χ4n) is 2.66. The lowest BCUT2D eigenvalue weighted by molar-refractivity contribution is -0.126.